The van der Waals surface area contributed by atoms with E-state index in [-0.39, 0.29) is 11.0 Å². The molecule has 0 aliphatic carbocycles. The van der Waals surface area contributed by atoms with Crippen molar-refractivity contribution in [2.45, 2.75) is 52.5 Å². The number of thiazole rings is 1. The molecule has 1 aliphatic heterocycles. The first-order valence-electron chi connectivity index (χ1n) is 9.59. The number of aryl methyl sites for hydroxylation is 2. The predicted octanol–water partition coefficient (Wildman–Crippen LogP) is 4.44. The number of pyridine rings is 1. The summed E-state index contributed by atoms with van der Waals surface area (Å²) >= 11 is 1.76. The molecule has 0 spiro atoms. The topological polar surface area (TPSA) is 38.2 Å². The van der Waals surface area contributed by atoms with E-state index in [0.717, 1.165) is 44.8 Å². The van der Waals surface area contributed by atoms with Crippen molar-refractivity contribution in [1.82, 2.24) is 14.9 Å². The van der Waals surface area contributed by atoms with Crippen LogP contribution in [0.15, 0.2) is 29.9 Å². The molecule has 1 atom stereocenters. The van der Waals surface area contributed by atoms with Crippen molar-refractivity contribution in [3.63, 3.8) is 0 Å². The van der Waals surface area contributed by atoms with Crippen LogP contribution in [-0.4, -0.2) is 41.2 Å². The molecule has 0 bridgehead atoms. The highest BCUT2D eigenvalue weighted by molar-refractivity contribution is 7.09. The van der Waals surface area contributed by atoms with E-state index >= 15 is 0 Å². The third-order valence-electron chi connectivity index (χ3n) is 5.81. The van der Waals surface area contributed by atoms with Crippen LogP contribution in [0.1, 0.15) is 49.9 Å². The van der Waals surface area contributed by atoms with Crippen molar-refractivity contribution in [2.24, 2.45) is 5.41 Å². The number of rotatable bonds is 8. The van der Waals surface area contributed by atoms with E-state index in [1.54, 1.807) is 11.3 Å². The summed E-state index contributed by atoms with van der Waals surface area (Å²) in [4.78, 5) is 11.6. The third-order valence-corrected chi connectivity index (χ3v) is 6.65. The molecule has 0 radical (unpaired) electrons. The second-order valence-electron chi connectivity index (χ2n) is 7.98. The van der Waals surface area contributed by atoms with E-state index in [2.05, 4.69) is 53.2 Å². The monoisotopic (exact) mass is 373 g/mol. The molecule has 1 fully saturated rings. The SMILES string of the molecule is CCOC[C@@]1(CCc2nccs2)CCN(C(C)(C)c2ccc(C)nc2)C1. The summed E-state index contributed by atoms with van der Waals surface area (Å²) in [5, 5.41) is 3.31. The summed E-state index contributed by atoms with van der Waals surface area (Å²) in [6.07, 6.45) is 7.31. The molecule has 1 aliphatic rings. The van der Waals surface area contributed by atoms with Crippen LogP contribution >= 0.6 is 11.3 Å². The van der Waals surface area contributed by atoms with E-state index in [1.165, 1.54) is 17.0 Å². The van der Waals surface area contributed by atoms with Crippen molar-refractivity contribution >= 4 is 11.3 Å². The molecule has 0 aromatic carbocycles. The van der Waals surface area contributed by atoms with Gasteiger partial charge in [-0.3, -0.25) is 9.88 Å². The number of nitrogens with zero attached hydrogens (tertiary/aromatic N) is 3. The molecule has 3 rings (SSSR count). The first kappa shape index (κ1) is 19.5. The fourth-order valence-corrected chi connectivity index (χ4v) is 4.51. The van der Waals surface area contributed by atoms with Gasteiger partial charge in [0.15, 0.2) is 0 Å². The van der Waals surface area contributed by atoms with Crippen molar-refractivity contribution in [1.29, 1.82) is 0 Å². The Bertz CT molecular complexity index is 684. The first-order chi connectivity index (χ1) is 12.5. The Kier molecular flexibility index (Phi) is 6.10. The first-order valence-corrected chi connectivity index (χ1v) is 10.5. The van der Waals surface area contributed by atoms with E-state index < -0.39 is 0 Å². The van der Waals surface area contributed by atoms with Crippen LogP contribution in [0, 0.1) is 12.3 Å². The van der Waals surface area contributed by atoms with Gasteiger partial charge < -0.3 is 4.74 Å². The minimum Gasteiger partial charge on any atom is -0.381 e. The van der Waals surface area contributed by atoms with Crippen molar-refractivity contribution in [3.05, 3.63) is 46.2 Å². The average molecular weight is 374 g/mol. The van der Waals surface area contributed by atoms with Gasteiger partial charge in [0, 0.05) is 47.6 Å². The zero-order chi connectivity index (χ0) is 18.6. The highest BCUT2D eigenvalue weighted by Gasteiger charge is 2.43. The van der Waals surface area contributed by atoms with Gasteiger partial charge >= 0.3 is 0 Å². The van der Waals surface area contributed by atoms with E-state index in [1.807, 2.05) is 19.3 Å². The largest absolute Gasteiger partial charge is 0.381 e. The highest BCUT2D eigenvalue weighted by Crippen LogP contribution is 2.41. The molecule has 2 aromatic rings. The van der Waals surface area contributed by atoms with Gasteiger partial charge in [-0.2, -0.15) is 0 Å². The van der Waals surface area contributed by atoms with Gasteiger partial charge in [-0.15, -0.1) is 11.3 Å². The standard InChI is InChI=1S/C21H31N3OS/c1-5-25-16-21(9-8-19-22-11-13-26-19)10-12-24(15-21)20(3,4)18-7-6-17(2)23-14-18/h6-7,11,13-14H,5,8-10,12,15-16H2,1-4H3/t21-/m0/s1. The van der Waals surface area contributed by atoms with Crippen molar-refractivity contribution in [2.75, 3.05) is 26.3 Å². The summed E-state index contributed by atoms with van der Waals surface area (Å²) in [5.74, 6) is 0. The number of hydrogen-bond donors (Lipinski definition) is 0. The van der Waals surface area contributed by atoms with Crippen LogP contribution in [0.4, 0.5) is 0 Å². The second kappa shape index (κ2) is 8.15. The maximum atomic E-state index is 5.92. The predicted molar refractivity (Wildman–Crippen MR) is 108 cm³/mol. The highest BCUT2D eigenvalue weighted by atomic mass is 32.1. The van der Waals surface area contributed by atoms with E-state index in [9.17, 15) is 0 Å². The lowest BCUT2D eigenvalue weighted by Crippen LogP contribution is -2.42. The Morgan fingerprint density at radius 3 is 2.81 bits per heavy atom. The molecule has 26 heavy (non-hydrogen) atoms. The Balaban J connectivity index is 1.73. The normalized spacial score (nSPS) is 21.4. The Labute approximate surface area is 161 Å². The number of likely N-dealkylation sites (tertiary alicyclic amines) is 1. The fraction of sp³-hybridized carbons (Fsp3) is 0.619. The Morgan fingerprint density at radius 2 is 2.15 bits per heavy atom. The molecule has 5 heteroatoms. The molecular weight excluding hydrogens is 342 g/mol. The Hall–Kier alpha value is -1.30. The Morgan fingerprint density at radius 1 is 1.31 bits per heavy atom. The molecule has 0 saturated carbocycles. The summed E-state index contributed by atoms with van der Waals surface area (Å²) in [6.45, 7) is 12.6. The molecule has 0 amide bonds. The third kappa shape index (κ3) is 4.33. The van der Waals surface area contributed by atoms with Gasteiger partial charge in [0.05, 0.1) is 11.6 Å². The molecular formula is C21H31N3OS. The summed E-state index contributed by atoms with van der Waals surface area (Å²) in [5.41, 5.74) is 2.56. The zero-order valence-electron chi connectivity index (χ0n) is 16.5. The maximum absolute atomic E-state index is 5.92. The van der Waals surface area contributed by atoms with Crippen molar-refractivity contribution < 1.29 is 4.74 Å². The van der Waals surface area contributed by atoms with Gasteiger partial charge in [0.2, 0.25) is 0 Å². The van der Waals surface area contributed by atoms with Gasteiger partial charge in [-0.1, -0.05) is 6.07 Å². The van der Waals surface area contributed by atoms with Crippen LogP contribution in [0.2, 0.25) is 0 Å². The summed E-state index contributed by atoms with van der Waals surface area (Å²) in [6, 6.07) is 4.34. The van der Waals surface area contributed by atoms with Crippen LogP contribution < -0.4 is 0 Å². The molecule has 142 valence electrons. The smallest absolute Gasteiger partial charge is 0.0925 e. The summed E-state index contributed by atoms with van der Waals surface area (Å²) < 4.78 is 5.92. The zero-order valence-corrected chi connectivity index (χ0v) is 17.3. The lowest BCUT2D eigenvalue weighted by atomic mass is 9.83. The number of hydrogen-bond acceptors (Lipinski definition) is 5. The van der Waals surface area contributed by atoms with Crippen molar-refractivity contribution in [3.8, 4) is 0 Å². The average Bonchev–Trinajstić information content (AvgIpc) is 3.29. The van der Waals surface area contributed by atoms with Gasteiger partial charge in [0.25, 0.3) is 0 Å². The van der Waals surface area contributed by atoms with Crippen LogP contribution in [-0.2, 0) is 16.7 Å². The number of ether oxygens (including phenoxy) is 1. The molecule has 4 nitrogen and oxygen atoms in total. The minimum atomic E-state index is -0.0180. The minimum absolute atomic E-state index is 0.0180. The van der Waals surface area contributed by atoms with Crippen LogP contribution in [0.3, 0.4) is 0 Å². The lowest BCUT2D eigenvalue weighted by molar-refractivity contribution is 0.0384. The molecule has 3 heterocycles. The summed E-state index contributed by atoms with van der Waals surface area (Å²) in [7, 11) is 0. The van der Waals surface area contributed by atoms with Gasteiger partial charge in [0.1, 0.15) is 0 Å². The maximum Gasteiger partial charge on any atom is 0.0925 e. The van der Waals surface area contributed by atoms with Gasteiger partial charge in [-0.25, -0.2) is 4.98 Å². The number of aromatic nitrogens is 2. The molecule has 2 aromatic heterocycles. The molecule has 1 saturated heterocycles. The van der Waals surface area contributed by atoms with Gasteiger partial charge in [-0.05, 0) is 65.1 Å². The quantitative estimate of drug-likeness (QED) is 0.685. The van der Waals surface area contributed by atoms with E-state index in [0.29, 0.717) is 0 Å². The second-order valence-corrected chi connectivity index (χ2v) is 8.96. The molecule has 0 unspecified atom stereocenters. The van der Waals surface area contributed by atoms with Crippen LogP contribution in [0.5, 0.6) is 0 Å². The van der Waals surface area contributed by atoms with E-state index in [4.69, 9.17) is 4.74 Å². The fourth-order valence-electron chi connectivity index (χ4n) is 3.89. The lowest BCUT2D eigenvalue weighted by Gasteiger charge is -2.38. The van der Waals surface area contributed by atoms with Crippen LogP contribution in [0.25, 0.3) is 0 Å². The molecule has 0 N–H and O–H groups in total.